The van der Waals surface area contributed by atoms with Crippen LogP contribution in [0.2, 0.25) is 0 Å². The lowest BCUT2D eigenvalue weighted by molar-refractivity contribution is -0.140. The highest BCUT2D eigenvalue weighted by atomic mass is 16.5. The Morgan fingerprint density at radius 3 is 2.29 bits per heavy atom. The number of nitrogens with two attached hydrogens (primary N) is 1. The normalized spacial score (nSPS) is 26.1. The molecule has 5 heteroatoms. The lowest BCUT2D eigenvalue weighted by atomic mass is 10.00. The van der Waals surface area contributed by atoms with Gasteiger partial charge in [0.2, 0.25) is 11.8 Å². The maximum atomic E-state index is 12.3. The molecular weight excluding hydrogens is 268 g/mol. The molecule has 5 nitrogen and oxygen atoms in total. The van der Waals surface area contributed by atoms with E-state index in [1.165, 1.54) is 4.90 Å². The van der Waals surface area contributed by atoms with Gasteiger partial charge in [-0.15, -0.1) is 0 Å². The van der Waals surface area contributed by atoms with E-state index in [1.54, 1.807) is 7.11 Å². The molecule has 3 rings (SSSR count). The van der Waals surface area contributed by atoms with E-state index in [9.17, 15) is 9.59 Å². The average molecular weight is 288 g/mol. The second-order valence-electron chi connectivity index (χ2n) is 5.81. The van der Waals surface area contributed by atoms with Crippen molar-refractivity contribution in [3.63, 3.8) is 0 Å². The summed E-state index contributed by atoms with van der Waals surface area (Å²) in [6.45, 7) is 0.261. The molecule has 3 unspecified atom stereocenters. The molecule has 3 atom stereocenters. The van der Waals surface area contributed by atoms with Crippen LogP contribution in [0.4, 0.5) is 0 Å². The van der Waals surface area contributed by atoms with Crippen molar-refractivity contribution in [2.75, 3.05) is 13.7 Å². The number of imide groups is 1. The summed E-state index contributed by atoms with van der Waals surface area (Å²) in [5.41, 5.74) is 7.05. The van der Waals surface area contributed by atoms with Crippen LogP contribution in [-0.2, 0) is 9.59 Å². The van der Waals surface area contributed by atoms with Crippen molar-refractivity contribution in [2.45, 2.75) is 25.3 Å². The quantitative estimate of drug-likeness (QED) is 0.852. The molecule has 112 valence electrons. The highest BCUT2D eigenvalue weighted by Crippen LogP contribution is 2.40. The number of ether oxygens (including phenoxy) is 1. The van der Waals surface area contributed by atoms with Crippen molar-refractivity contribution in [1.82, 2.24) is 4.90 Å². The summed E-state index contributed by atoms with van der Waals surface area (Å²) >= 11 is 0. The van der Waals surface area contributed by atoms with Gasteiger partial charge in [-0.1, -0.05) is 18.6 Å². The fraction of sp³-hybridized carbons (Fsp3) is 0.500. The van der Waals surface area contributed by atoms with Crippen LogP contribution in [0.15, 0.2) is 24.3 Å². The van der Waals surface area contributed by atoms with Gasteiger partial charge in [-0.25, -0.2) is 0 Å². The van der Waals surface area contributed by atoms with E-state index in [4.69, 9.17) is 10.5 Å². The summed E-state index contributed by atoms with van der Waals surface area (Å²) in [5.74, 6) is 0.493. The van der Waals surface area contributed by atoms with Gasteiger partial charge in [0.05, 0.1) is 18.9 Å². The van der Waals surface area contributed by atoms with Crippen LogP contribution in [0.5, 0.6) is 5.75 Å². The molecule has 2 amide bonds. The molecule has 1 aliphatic carbocycles. The van der Waals surface area contributed by atoms with Crippen LogP contribution in [0.25, 0.3) is 0 Å². The molecule has 1 saturated carbocycles. The largest absolute Gasteiger partial charge is 0.497 e. The average Bonchev–Trinajstić information content (AvgIpc) is 3.07. The van der Waals surface area contributed by atoms with Gasteiger partial charge < -0.3 is 10.5 Å². The Balaban J connectivity index is 1.70. The summed E-state index contributed by atoms with van der Waals surface area (Å²) in [6, 6.07) is 7.04. The van der Waals surface area contributed by atoms with Crippen LogP contribution in [0.1, 0.15) is 30.9 Å². The number of nitrogens with zero attached hydrogens (tertiary/aromatic N) is 1. The number of amides is 2. The van der Waals surface area contributed by atoms with E-state index >= 15 is 0 Å². The van der Waals surface area contributed by atoms with Crippen molar-refractivity contribution in [1.29, 1.82) is 0 Å². The molecule has 0 aromatic heterocycles. The highest BCUT2D eigenvalue weighted by Gasteiger charge is 2.49. The van der Waals surface area contributed by atoms with Crippen molar-refractivity contribution >= 4 is 11.8 Å². The number of methoxy groups -OCH3 is 1. The molecule has 2 aliphatic rings. The monoisotopic (exact) mass is 288 g/mol. The minimum Gasteiger partial charge on any atom is -0.497 e. The topological polar surface area (TPSA) is 72.6 Å². The summed E-state index contributed by atoms with van der Waals surface area (Å²) in [7, 11) is 1.61. The molecular formula is C16H20N2O3. The molecule has 0 bridgehead atoms. The molecule has 21 heavy (non-hydrogen) atoms. The molecule has 0 spiro atoms. The van der Waals surface area contributed by atoms with Crippen LogP contribution in [0.3, 0.4) is 0 Å². The van der Waals surface area contributed by atoms with E-state index in [0.717, 1.165) is 30.6 Å². The standard InChI is InChI=1S/C16H20N2O3/c1-21-11-7-5-10(6-8-11)14(17)9-18-15(19)12-3-2-4-13(12)16(18)20/h5-8,12-14H,2-4,9,17H2,1H3. The molecule has 1 heterocycles. The fourth-order valence-electron chi connectivity index (χ4n) is 3.39. The zero-order valence-corrected chi connectivity index (χ0v) is 12.1. The molecule has 1 aliphatic heterocycles. The third kappa shape index (κ3) is 2.42. The Morgan fingerprint density at radius 2 is 1.76 bits per heavy atom. The molecule has 1 saturated heterocycles. The molecule has 2 N–H and O–H groups in total. The first-order valence-corrected chi connectivity index (χ1v) is 7.36. The third-order valence-electron chi connectivity index (χ3n) is 4.61. The lowest BCUT2D eigenvalue weighted by Crippen LogP contribution is -2.37. The number of likely N-dealkylation sites (tertiary alicyclic amines) is 1. The van der Waals surface area contributed by atoms with E-state index < -0.39 is 0 Å². The first kappa shape index (κ1) is 14.1. The summed E-state index contributed by atoms with van der Waals surface area (Å²) in [4.78, 5) is 26.0. The minimum atomic E-state index is -0.359. The number of carbonyl (C=O) groups is 2. The van der Waals surface area contributed by atoms with Gasteiger partial charge in [0.25, 0.3) is 0 Å². The molecule has 1 aromatic carbocycles. The van der Waals surface area contributed by atoms with Crippen molar-refractivity contribution in [3.8, 4) is 5.75 Å². The lowest BCUT2D eigenvalue weighted by Gasteiger charge is -2.21. The molecule has 0 radical (unpaired) electrons. The van der Waals surface area contributed by atoms with Gasteiger partial charge >= 0.3 is 0 Å². The third-order valence-corrected chi connectivity index (χ3v) is 4.61. The van der Waals surface area contributed by atoms with Gasteiger partial charge in [0.1, 0.15) is 5.75 Å². The number of hydrogen-bond acceptors (Lipinski definition) is 4. The predicted molar refractivity (Wildman–Crippen MR) is 77.5 cm³/mol. The number of carbonyl (C=O) groups excluding carboxylic acids is 2. The van der Waals surface area contributed by atoms with Crippen LogP contribution in [0, 0.1) is 11.8 Å². The van der Waals surface area contributed by atoms with Gasteiger partial charge in [-0.3, -0.25) is 14.5 Å². The van der Waals surface area contributed by atoms with E-state index in [1.807, 2.05) is 24.3 Å². The van der Waals surface area contributed by atoms with Crippen LogP contribution in [-0.4, -0.2) is 30.4 Å². The zero-order valence-electron chi connectivity index (χ0n) is 12.1. The van der Waals surface area contributed by atoms with Gasteiger partial charge in [0.15, 0.2) is 0 Å². The number of rotatable bonds is 4. The Hall–Kier alpha value is -1.88. The van der Waals surface area contributed by atoms with Crippen molar-refractivity contribution in [3.05, 3.63) is 29.8 Å². The number of hydrogen-bond donors (Lipinski definition) is 1. The predicted octanol–water partition coefficient (Wildman–Crippen LogP) is 1.48. The maximum Gasteiger partial charge on any atom is 0.233 e. The van der Waals surface area contributed by atoms with Gasteiger partial charge in [-0.05, 0) is 30.5 Å². The zero-order chi connectivity index (χ0) is 15.0. The summed E-state index contributed by atoms with van der Waals surface area (Å²) < 4.78 is 5.11. The van der Waals surface area contributed by atoms with E-state index in [2.05, 4.69) is 0 Å². The van der Waals surface area contributed by atoms with Crippen LogP contribution < -0.4 is 10.5 Å². The van der Waals surface area contributed by atoms with Crippen molar-refractivity contribution in [2.24, 2.45) is 17.6 Å². The van der Waals surface area contributed by atoms with Gasteiger partial charge in [-0.2, -0.15) is 0 Å². The fourth-order valence-corrected chi connectivity index (χ4v) is 3.39. The second-order valence-corrected chi connectivity index (χ2v) is 5.81. The summed E-state index contributed by atoms with van der Waals surface area (Å²) in [5, 5.41) is 0. The van der Waals surface area contributed by atoms with Gasteiger partial charge in [0, 0.05) is 12.6 Å². The first-order valence-electron chi connectivity index (χ1n) is 7.36. The van der Waals surface area contributed by atoms with E-state index in [0.29, 0.717) is 0 Å². The second kappa shape index (κ2) is 5.48. The highest BCUT2D eigenvalue weighted by molar-refractivity contribution is 6.05. The Bertz CT molecular complexity index is 533. The number of benzene rings is 1. The Labute approximate surface area is 124 Å². The first-order chi connectivity index (χ1) is 10.1. The van der Waals surface area contributed by atoms with Crippen LogP contribution >= 0.6 is 0 Å². The molecule has 2 fully saturated rings. The Kier molecular flexibility index (Phi) is 3.68. The number of fused-ring (bicyclic) bond motifs is 1. The minimum absolute atomic E-state index is 0.0357. The smallest absolute Gasteiger partial charge is 0.233 e. The SMILES string of the molecule is COc1ccc(C(N)CN2C(=O)C3CCCC3C2=O)cc1. The summed E-state index contributed by atoms with van der Waals surface area (Å²) in [6.07, 6.45) is 2.65. The van der Waals surface area contributed by atoms with E-state index in [-0.39, 0.29) is 36.2 Å². The maximum absolute atomic E-state index is 12.3. The van der Waals surface area contributed by atoms with Crippen molar-refractivity contribution < 1.29 is 14.3 Å². The Morgan fingerprint density at radius 1 is 1.19 bits per heavy atom. The molecule has 1 aromatic rings.